The van der Waals surface area contributed by atoms with E-state index in [4.69, 9.17) is 14.2 Å². The third-order valence-corrected chi connectivity index (χ3v) is 6.79. The van der Waals surface area contributed by atoms with Gasteiger partial charge in [-0.25, -0.2) is 18.0 Å². The Hall–Kier alpha value is -3.35. The van der Waals surface area contributed by atoms with Crippen LogP contribution in [-0.4, -0.2) is 76.3 Å². The fourth-order valence-corrected chi connectivity index (χ4v) is 4.13. The van der Waals surface area contributed by atoms with Crippen molar-refractivity contribution in [2.75, 3.05) is 58.6 Å². The minimum Gasteiger partial charge on any atom is -0.744 e. The van der Waals surface area contributed by atoms with Gasteiger partial charge in [-0.1, -0.05) is 29.8 Å². The van der Waals surface area contributed by atoms with E-state index >= 15 is 0 Å². The molecule has 0 spiro atoms. The fraction of sp³-hybridized carbons (Fsp3) is 0.379. The first-order valence-electron chi connectivity index (χ1n) is 13.1. The molecule has 0 N–H and O–H groups in total. The second-order valence-electron chi connectivity index (χ2n) is 9.22. The van der Waals surface area contributed by atoms with Crippen LogP contribution in [0, 0.1) is 6.92 Å². The van der Waals surface area contributed by atoms with Gasteiger partial charge in [0.1, 0.15) is 16.7 Å². The van der Waals surface area contributed by atoms with E-state index in [0.717, 1.165) is 29.7 Å². The highest BCUT2D eigenvalue weighted by Crippen LogP contribution is 2.11. The summed E-state index contributed by atoms with van der Waals surface area (Å²) < 4.78 is 52.2. The van der Waals surface area contributed by atoms with Crippen LogP contribution in [0.2, 0.25) is 0 Å². The molecule has 0 unspecified atom stereocenters. The summed E-state index contributed by atoms with van der Waals surface area (Å²) in [6, 6.07) is 18.1. The topological polar surface area (TPSA) is 110 Å². The molecule has 0 radical (unpaired) electrons. The summed E-state index contributed by atoms with van der Waals surface area (Å²) in [6.07, 6.45) is 6.00. The summed E-state index contributed by atoms with van der Waals surface area (Å²) in [7, 11) is -0.196. The van der Waals surface area contributed by atoms with Crippen molar-refractivity contribution in [2.24, 2.45) is 0 Å². The molecule has 0 aliphatic heterocycles. The van der Waals surface area contributed by atoms with Crippen molar-refractivity contribution < 1.29 is 31.7 Å². The standard InChI is InChI=1S/C22H31N4O3.C7H8O3S/c1-24(2)20-7-9-25(10-8-20)11-13-27-15-17-29-18-16-28-14-12-26-19-23-21-5-3-4-6-22(21)26;1-6-2-4-7(5-3-6)11(8,9)10/h3-10,19H,11-18H2,1-2H3;2-5H,1H3,(H,8,9,10)/q+1;/p-1. The molecule has 11 heteroatoms. The van der Waals surface area contributed by atoms with Gasteiger partial charge in [0, 0.05) is 38.5 Å². The largest absolute Gasteiger partial charge is 0.744 e. The van der Waals surface area contributed by atoms with Gasteiger partial charge < -0.3 is 28.2 Å². The number of anilines is 1. The molecule has 0 saturated heterocycles. The van der Waals surface area contributed by atoms with Crippen LogP contribution in [0.15, 0.2) is 84.3 Å². The number of fused-ring (bicyclic) bond motifs is 1. The number of para-hydroxylation sites is 2. The summed E-state index contributed by atoms with van der Waals surface area (Å²) in [6.45, 7) is 7.10. The lowest BCUT2D eigenvalue weighted by molar-refractivity contribution is -0.698. The Kier molecular flexibility index (Phi) is 12.5. The number of aryl methyl sites for hydroxylation is 1. The zero-order chi connectivity index (χ0) is 28.8. The number of nitrogens with zero attached hydrogens (tertiary/aromatic N) is 4. The van der Waals surface area contributed by atoms with E-state index in [9.17, 15) is 13.0 Å². The molecule has 0 atom stereocenters. The van der Waals surface area contributed by atoms with E-state index in [2.05, 4.69) is 49.6 Å². The minimum absolute atomic E-state index is 0.178. The van der Waals surface area contributed by atoms with E-state index in [1.165, 1.54) is 17.8 Å². The molecule has 2 heterocycles. The molecule has 216 valence electrons. The van der Waals surface area contributed by atoms with Crippen LogP contribution in [0.25, 0.3) is 11.0 Å². The molecule has 40 heavy (non-hydrogen) atoms. The highest BCUT2D eigenvalue weighted by atomic mass is 32.2. The highest BCUT2D eigenvalue weighted by molar-refractivity contribution is 7.85. The summed E-state index contributed by atoms with van der Waals surface area (Å²) in [5, 5.41) is 0. The quantitative estimate of drug-likeness (QED) is 0.129. The van der Waals surface area contributed by atoms with Gasteiger partial charge in [-0.15, -0.1) is 0 Å². The van der Waals surface area contributed by atoms with Crippen LogP contribution in [0.1, 0.15) is 5.56 Å². The summed E-state index contributed by atoms with van der Waals surface area (Å²) >= 11 is 0. The average Bonchev–Trinajstić information content (AvgIpc) is 3.35. The van der Waals surface area contributed by atoms with Crippen LogP contribution in [-0.2, 0) is 37.4 Å². The number of pyridine rings is 1. The lowest BCUT2D eigenvalue weighted by Gasteiger charge is -2.10. The van der Waals surface area contributed by atoms with E-state index in [-0.39, 0.29) is 4.90 Å². The van der Waals surface area contributed by atoms with E-state index in [1.54, 1.807) is 12.1 Å². The third-order valence-electron chi connectivity index (χ3n) is 5.94. The lowest BCUT2D eigenvalue weighted by atomic mass is 10.2. The molecule has 10 nitrogen and oxygen atoms in total. The smallest absolute Gasteiger partial charge is 0.171 e. The Balaban J connectivity index is 0.000000336. The second-order valence-corrected chi connectivity index (χ2v) is 10.6. The Morgan fingerprint density at radius 2 is 1.45 bits per heavy atom. The number of imidazole rings is 1. The second kappa shape index (κ2) is 16.0. The van der Waals surface area contributed by atoms with Crippen LogP contribution < -0.4 is 9.47 Å². The first kappa shape index (κ1) is 31.2. The van der Waals surface area contributed by atoms with E-state index < -0.39 is 10.1 Å². The predicted octanol–water partition coefficient (Wildman–Crippen LogP) is 3.04. The highest BCUT2D eigenvalue weighted by Gasteiger charge is 2.03. The maximum atomic E-state index is 10.4. The molecule has 4 rings (SSSR count). The number of benzene rings is 2. The molecule has 4 aromatic rings. The van der Waals surface area contributed by atoms with Gasteiger partial charge >= 0.3 is 0 Å². The molecular weight excluding hydrogens is 532 g/mol. The van der Waals surface area contributed by atoms with E-state index in [0.29, 0.717) is 39.6 Å². The van der Waals surface area contributed by atoms with Crippen LogP contribution in [0.5, 0.6) is 0 Å². The van der Waals surface area contributed by atoms with Gasteiger partial charge in [0.15, 0.2) is 18.9 Å². The van der Waals surface area contributed by atoms with Gasteiger partial charge in [0.2, 0.25) is 0 Å². The van der Waals surface area contributed by atoms with Crippen molar-refractivity contribution >= 4 is 26.8 Å². The maximum Gasteiger partial charge on any atom is 0.171 e. The van der Waals surface area contributed by atoms with Crippen molar-refractivity contribution in [3.8, 4) is 0 Å². The fourth-order valence-electron chi connectivity index (χ4n) is 3.66. The summed E-state index contributed by atoms with van der Waals surface area (Å²) in [5.41, 5.74) is 4.27. The molecule has 0 fully saturated rings. The molecule has 0 saturated carbocycles. The first-order chi connectivity index (χ1) is 19.2. The number of rotatable bonds is 14. The van der Waals surface area contributed by atoms with Crippen LogP contribution in [0.3, 0.4) is 0 Å². The van der Waals surface area contributed by atoms with E-state index in [1.807, 2.05) is 45.5 Å². The van der Waals surface area contributed by atoms with Crippen LogP contribution >= 0.6 is 0 Å². The van der Waals surface area contributed by atoms with Crippen molar-refractivity contribution in [2.45, 2.75) is 24.9 Å². The Labute approximate surface area is 236 Å². The predicted molar refractivity (Wildman–Crippen MR) is 152 cm³/mol. The van der Waals surface area contributed by atoms with Gasteiger partial charge in [-0.2, -0.15) is 0 Å². The molecule has 0 amide bonds. The normalized spacial score (nSPS) is 11.3. The molecular formula is C29H38N4O6S. The molecule has 2 aromatic carbocycles. The minimum atomic E-state index is -4.27. The first-order valence-corrected chi connectivity index (χ1v) is 14.5. The maximum absolute atomic E-state index is 10.4. The SMILES string of the molecule is CN(C)c1cc[n+](CCOCCOCCOCCn2cnc3ccccc32)cc1.Cc1ccc(S(=O)(=O)[O-])cc1. The van der Waals surface area contributed by atoms with Crippen molar-refractivity contribution in [3.63, 3.8) is 0 Å². The van der Waals surface area contributed by atoms with Crippen molar-refractivity contribution in [1.29, 1.82) is 0 Å². The number of ether oxygens (including phenoxy) is 3. The summed E-state index contributed by atoms with van der Waals surface area (Å²) in [5.74, 6) is 0. The molecule has 0 bridgehead atoms. The zero-order valence-corrected chi connectivity index (χ0v) is 24.1. The molecule has 2 aromatic heterocycles. The van der Waals surface area contributed by atoms with Gasteiger partial charge in [0.05, 0.1) is 55.3 Å². The molecule has 0 aliphatic rings. The van der Waals surface area contributed by atoms with Crippen molar-refractivity contribution in [3.05, 3.63) is 84.9 Å². The molecule has 0 aliphatic carbocycles. The number of hydrogen-bond acceptors (Lipinski definition) is 8. The number of aromatic nitrogens is 3. The summed E-state index contributed by atoms with van der Waals surface area (Å²) in [4.78, 5) is 6.29. The Bertz CT molecular complexity index is 1390. The monoisotopic (exact) mass is 570 g/mol. The van der Waals surface area contributed by atoms with Gasteiger partial charge in [0.25, 0.3) is 0 Å². The Morgan fingerprint density at radius 3 is 2.08 bits per heavy atom. The Morgan fingerprint density at radius 1 is 0.850 bits per heavy atom. The van der Waals surface area contributed by atoms with Gasteiger partial charge in [-0.05, 0) is 31.2 Å². The van der Waals surface area contributed by atoms with Gasteiger partial charge in [-0.3, -0.25) is 0 Å². The van der Waals surface area contributed by atoms with Crippen molar-refractivity contribution in [1.82, 2.24) is 9.55 Å². The number of hydrogen-bond donors (Lipinski definition) is 0. The van der Waals surface area contributed by atoms with Crippen LogP contribution in [0.4, 0.5) is 5.69 Å². The lowest BCUT2D eigenvalue weighted by Crippen LogP contribution is -2.35. The average molecular weight is 571 g/mol. The zero-order valence-electron chi connectivity index (χ0n) is 23.3. The third kappa shape index (κ3) is 10.7.